The molecule has 2 aromatic rings. The third-order valence-electron chi connectivity index (χ3n) is 4.80. The molecule has 0 saturated carbocycles. The van der Waals surface area contributed by atoms with Gasteiger partial charge in [-0.05, 0) is 36.6 Å². The zero-order valence-corrected chi connectivity index (χ0v) is 14.5. The Bertz CT molecular complexity index is 873. The Morgan fingerprint density at radius 3 is 2.60 bits per heavy atom. The number of nitrogens with one attached hydrogen (secondary N) is 2. The van der Waals surface area contributed by atoms with E-state index in [0.717, 1.165) is 23.5 Å². The lowest BCUT2D eigenvalue weighted by atomic mass is 9.82. The smallest absolute Gasteiger partial charge is 0.163 e. The number of carbonyl (C=O) groups excluding carboxylic acids is 1. The van der Waals surface area contributed by atoms with Gasteiger partial charge in [-0.2, -0.15) is 0 Å². The Hall–Kier alpha value is -2.33. The third kappa shape index (κ3) is 2.81. The highest BCUT2D eigenvalue weighted by Crippen LogP contribution is 2.43. The second kappa shape index (κ2) is 6.19. The van der Waals surface area contributed by atoms with Crippen molar-refractivity contribution in [1.29, 1.82) is 0 Å². The highest BCUT2D eigenvalue weighted by molar-refractivity contribution is 6.31. The van der Waals surface area contributed by atoms with Gasteiger partial charge in [-0.1, -0.05) is 36.7 Å². The summed E-state index contributed by atoms with van der Waals surface area (Å²) < 4.78 is 14.6. The van der Waals surface area contributed by atoms with Crippen molar-refractivity contribution < 1.29 is 9.18 Å². The van der Waals surface area contributed by atoms with Gasteiger partial charge in [0.2, 0.25) is 0 Å². The molecule has 2 aliphatic rings. The second-order valence-corrected chi connectivity index (χ2v) is 7.12. The monoisotopic (exact) mass is 356 g/mol. The molecule has 5 heteroatoms. The lowest BCUT2D eigenvalue weighted by molar-refractivity contribution is -0.117. The number of fused-ring (bicyclic) bond motifs is 1. The van der Waals surface area contributed by atoms with Crippen LogP contribution in [0.1, 0.15) is 31.4 Å². The number of ketones is 1. The van der Waals surface area contributed by atoms with E-state index in [1.807, 2.05) is 24.3 Å². The molecular weight excluding hydrogens is 339 g/mol. The number of Topliss-reactive ketones (excluding diaryl/α,β-unsaturated/α-hetero) is 1. The number of benzene rings is 2. The van der Waals surface area contributed by atoms with Gasteiger partial charge in [-0.3, -0.25) is 4.79 Å². The molecule has 0 fully saturated rings. The lowest BCUT2D eigenvalue weighted by Gasteiger charge is -2.28. The number of rotatable bonds is 1. The van der Waals surface area contributed by atoms with Gasteiger partial charge in [0.05, 0.1) is 17.4 Å². The minimum Gasteiger partial charge on any atom is -0.372 e. The molecule has 128 valence electrons. The summed E-state index contributed by atoms with van der Waals surface area (Å²) in [7, 11) is 0. The summed E-state index contributed by atoms with van der Waals surface area (Å²) in [6.45, 7) is 2.05. The van der Waals surface area contributed by atoms with Crippen LogP contribution in [0.15, 0.2) is 53.7 Å². The van der Waals surface area contributed by atoms with Gasteiger partial charge in [0, 0.05) is 28.3 Å². The zero-order valence-electron chi connectivity index (χ0n) is 13.8. The first-order chi connectivity index (χ1) is 12.0. The first-order valence-electron chi connectivity index (χ1n) is 8.37. The molecule has 1 heterocycles. The molecule has 25 heavy (non-hydrogen) atoms. The molecule has 2 N–H and O–H groups in total. The van der Waals surface area contributed by atoms with Crippen molar-refractivity contribution in [3.8, 4) is 0 Å². The fourth-order valence-corrected chi connectivity index (χ4v) is 3.96. The molecule has 2 atom stereocenters. The minimum absolute atomic E-state index is 0.0332. The largest absolute Gasteiger partial charge is 0.372 e. The minimum atomic E-state index is -0.611. The highest BCUT2D eigenvalue weighted by Gasteiger charge is 2.36. The van der Waals surface area contributed by atoms with Gasteiger partial charge in [0.25, 0.3) is 0 Å². The number of hydrogen-bond acceptors (Lipinski definition) is 3. The van der Waals surface area contributed by atoms with Crippen molar-refractivity contribution in [2.24, 2.45) is 5.92 Å². The SMILES string of the molecule is CC1CC(=O)C2=C(C1)Nc1ccccc1NC2c1c(F)cccc1Cl. The van der Waals surface area contributed by atoms with E-state index in [4.69, 9.17) is 11.6 Å². The van der Waals surface area contributed by atoms with Gasteiger partial charge in [-0.15, -0.1) is 0 Å². The summed E-state index contributed by atoms with van der Waals surface area (Å²) in [5.41, 5.74) is 3.46. The fraction of sp³-hybridized carbons (Fsp3) is 0.250. The number of halogens is 2. The van der Waals surface area contributed by atoms with E-state index in [1.165, 1.54) is 6.07 Å². The molecule has 4 rings (SSSR count). The van der Waals surface area contributed by atoms with Crippen LogP contribution in [0.25, 0.3) is 0 Å². The van der Waals surface area contributed by atoms with E-state index in [0.29, 0.717) is 22.6 Å². The highest BCUT2D eigenvalue weighted by atomic mass is 35.5. The van der Waals surface area contributed by atoms with Crippen molar-refractivity contribution in [2.45, 2.75) is 25.8 Å². The van der Waals surface area contributed by atoms with E-state index in [2.05, 4.69) is 17.6 Å². The maximum Gasteiger partial charge on any atom is 0.163 e. The van der Waals surface area contributed by atoms with E-state index >= 15 is 0 Å². The molecule has 0 aromatic heterocycles. The van der Waals surface area contributed by atoms with E-state index in [9.17, 15) is 9.18 Å². The zero-order chi connectivity index (χ0) is 17.6. The van der Waals surface area contributed by atoms with Crippen LogP contribution in [-0.2, 0) is 4.79 Å². The molecule has 2 unspecified atom stereocenters. The van der Waals surface area contributed by atoms with Crippen LogP contribution >= 0.6 is 11.6 Å². The summed E-state index contributed by atoms with van der Waals surface area (Å²) >= 11 is 6.32. The number of hydrogen-bond donors (Lipinski definition) is 2. The normalized spacial score (nSPS) is 22.4. The Balaban J connectivity index is 1.94. The molecule has 0 amide bonds. The maximum atomic E-state index is 14.6. The Morgan fingerprint density at radius 1 is 1.08 bits per heavy atom. The standard InChI is InChI=1S/C20H18ClFN2O/c1-11-9-16-19(17(25)10-11)20(18-12(21)5-4-6-13(18)22)24-15-8-3-2-7-14(15)23-16/h2-8,11,20,23-24H,9-10H2,1H3. The van der Waals surface area contributed by atoms with Gasteiger partial charge in [0.1, 0.15) is 5.82 Å². The Labute approximate surface area is 150 Å². The number of para-hydroxylation sites is 2. The molecule has 0 radical (unpaired) electrons. The molecule has 0 saturated heterocycles. The van der Waals surface area contributed by atoms with Crippen molar-refractivity contribution in [1.82, 2.24) is 0 Å². The van der Waals surface area contributed by atoms with Crippen LogP contribution in [0.2, 0.25) is 5.02 Å². The van der Waals surface area contributed by atoms with Crippen molar-refractivity contribution in [3.63, 3.8) is 0 Å². The van der Waals surface area contributed by atoms with E-state index < -0.39 is 11.9 Å². The summed E-state index contributed by atoms with van der Waals surface area (Å²) in [5, 5.41) is 7.04. The topological polar surface area (TPSA) is 41.1 Å². The summed E-state index contributed by atoms with van der Waals surface area (Å²) in [5.74, 6) is -0.130. The average Bonchev–Trinajstić information content (AvgIpc) is 2.71. The van der Waals surface area contributed by atoms with Crippen LogP contribution in [0.5, 0.6) is 0 Å². The molecule has 2 aromatic carbocycles. The first kappa shape index (κ1) is 16.2. The van der Waals surface area contributed by atoms with Crippen LogP contribution in [0.4, 0.5) is 15.8 Å². The number of allylic oxidation sites excluding steroid dienone is 1. The van der Waals surface area contributed by atoms with E-state index in [-0.39, 0.29) is 11.7 Å². The van der Waals surface area contributed by atoms with Gasteiger partial charge in [-0.25, -0.2) is 4.39 Å². The van der Waals surface area contributed by atoms with Crippen LogP contribution in [0, 0.1) is 11.7 Å². The number of carbonyl (C=O) groups is 1. The van der Waals surface area contributed by atoms with Crippen molar-refractivity contribution >= 4 is 28.8 Å². The Morgan fingerprint density at radius 2 is 1.84 bits per heavy atom. The van der Waals surface area contributed by atoms with Crippen LogP contribution in [-0.4, -0.2) is 5.78 Å². The predicted molar refractivity (Wildman–Crippen MR) is 98.3 cm³/mol. The third-order valence-corrected chi connectivity index (χ3v) is 5.13. The number of anilines is 2. The summed E-state index contributed by atoms with van der Waals surface area (Å²) in [6.07, 6.45) is 1.21. The summed E-state index contributed by atoms with van der Waals surface area (Å²) in [4.78, 5) is 12.8. The molecule has 3 nitrogen and oxygen atoms in total. The molecule has 0 spiro atoms. The molecular formula is C20H18ClFN2O. The first-order valence-corrected chi connectivity index (χ1v) is 8.75. The predicted octanol–water partition coefficient (Wildman–Crippen LogP) is 5.31. The summed E-state index contributed by atoms with van der Waals surface area (Å²) in [6, 6.07) is 11.7. The van der Waals surface area contributed by atoms with Crippen molar-refractivity contribution in [3.05, 3.63) is 70.1 Å². The van der Waals surface area contributed by atoms with Crippen molar-refractivity contribution in [2.75, 3.05) is 10.6 Å². The second-order valence-electron chi connectivity index (χ2n) is 6.71. The fourth-order valence-electron chi connectivity index (χ4n) is 3.69. The quantitative estimate of drug-likeness (QED) is 0.727. The van der Waals surface area contributed by atoms with E-state index in [1.54, 1.807) is 12.1 Å². The lowest BCUT2D eigenvalue weighted by Crippen LogP contribution is -2.27. The molecule has 1 aliphatic carbocycles. The Kier molecular flexibility index (Phi) is 4.00. The van der Waals surface area contributed by atoms with Crippen LogP contribution in [0.3, 0.4) is 0 Å². The van der Waals surface area contributed by atoms with Crippen LogP contribution < -0.4 is 10.6 Å². The average molecular weight is 357 g/mol. The van der Waals surface area contributed by atoms with Gasteiger partial charge < -0.3 is 10.6 Å². The molecule has 0 bridgehead atoms. The molecule has 1 aliphatic heterocycles. The van der Waals surface area contributed by atoms with Gasteiger partial charge in [0.15, 0.2) is 5.78 Å². The van der Waals surface area contributed by atoms with Gasteiger partial charge >= 0.3 is 0 Å². The maximum absolute atomic E-state index is 14.6.